The lowest BCUT2D eigenvalue weighted by molar-refractivity contribution is 0.0553. The lowest BCUT2D eigenvalue weighted by atomic mass is 10.1. The Morgan fingerprint density at radius 1 is 1.00 bits per heavy atom. The van der Waals surface area contributed by atoms with Gasteiger partial charge in [-0.25, -0.2) is 0 Å². The molecule has 1 aromatic carbocycles. The molecule has 142 valence electrons. The third-order valence-corrected chi connectivity index (χ3v) is 5.90. The minimum absolute atomic E-state index is 0.106. The quantitative estimate of drug-likeness (QED) is 0.706. The third kappa shape index (κ3) is 3.02. The maximum absolute atomic E-state index is 13.2. The second-order valence-corrected chi connectivity index (χ2v) is 7.87. The van der Waals surface area contributed by atoms with Crippen LogP contribution in [0.25, 0.3) is 0 Å². The largest absolute Gasteiger partial charge is 0.337 e. The number of fused-ring (bicyclic) bond motifs is 3. The Labute approximate surface area is 165 Å². The number of hydrogen-bond acceptors (Lipinski definition) is 3. The molecule has 2 aromatic heterocycles. The van der Waals surface area contributed by atoms with E-state index in [0.29, 0.717) is 6.54 Å². The van der Waals surface area contributed by atoms with Crippen molar-refractivity contribution in [3.63, 3.8) is 0 Å². The van der Waals surface area contributed by atoms with Crippen molar-refractivity contribution >= 4 is 5.91 Å². The summed E-state index contributed by atoms with van der Waals surface area (Å²) < 4.78 is 2.18. The summed E-state index contributed by atoms with van der Waals surface area (Å²) in [5.74, 6) is 0.106. The van der Waals surface area contributed by atoms with Crippen LogP contribution in [0.1, 0.15) is 33.4 Å². The van der Waals surface area contributed by atoms with Gasteiger partial charge in [0.1, 0.15) is 5.69 Å². The van der Waals surface area contributed by atoms with Crippen molar-refractivity contribution in [2.24, 2.45) is 0 Å². The Balaban J connectivity index is 1.43. The summed E-state index contributed by atoms with van der Waals surface area (Å²) >= 11 is 0. The zero-order valence-corrected chi connectivity index (χ0v) is 16.0. The molecule has 0 N–H and O–H groups in total. The van der Waals surface area contributed by atoms with Gasteiger partial charge in [0.05, 0.1) is 24.3 Å². The highest BCUT2D eigenvalue weighted by Gasteiger charge is 2.44. The Kier molecular flexibility index (Phi) is 4.24. The summed E-state index contributed by atoms with van der Waals surface area (Å²) in [6, 6.07) is 19.0. The molecule has 0 saturated carbocycles. The van der Waals surface area contributed by atoms with E-state index in [9.17, 15) is 4.79 Å². The summed E-state index contributed by atoms with van der Waals surface area (Å²) in [6.45, 7) is 5.44. The van der Waals surface area contributed by atoms with Crippen molar-refractivity contribution < 1.29 is 4.79 Å². The van der Waals surface area contributed by atoms with E-state index in [1.807, 2.05) is 35.2 Å². The van der Waals surface area contributed by atoms with E-state index < -0.39 is 0 Å². The fraction of sp³-hybridized carbons (Fsp3) is 0.304. The molecular formula is C23H24N4O. The van der Waals surface area contributed by atoms with Crippen molar-refractivity contribution in [3.8, 4) is 0 Å². The van der Waals surface area contributed by atoms with Gasteiger partial charge in [-0.3, -0.25) is 14.7 Å². The normalized spacial score (nSPS) is 21.6. The van der Waals surface area contributed by atoms with Crippen molar-refractivity contribution in [2.45, 2.75) is 32.1 Å². The fourth-order valence-electron chi connectivity index (χ4n) is 4.64. The second kappa shape index (κ2) is 6.91. The van der Waals surface area contributed by atoms with Gasteiger partial charge in [-0.1, -0.05) is 35.9 Å². The molecule has 5 nitrogen and oxygen atoms in total. The Morgan fingerprint density at radius 2 is 1.89 bits per heavy atom. The molecule has 1 amide bonds. The van der Waals surface area contributed by atoms with Crippen molar-refractivity contribution in [1.82, 2.24) is 19.4 Å². The van der Waals surface area contributed by atoms with Crippen LogP contribution in [-0.2, 0) is 13.1 Å². The molecule has 3 aromatic rings. The number of aromatic nitrogens is 2. The number of aryl methyl sites for hydroxylation is 1. The average Bonchev–Trinajstić information content (AvgIpc) is 3.33. The first-order chi connectivity index (χ1) is 13.7. The fourth-order valence-corrected chi connectivity index (χ4v) is 4.64. The molecule has 2 aliphatic heterocycles. The summed E-state index contributed by atoms with van der Waals surface area (Å²) in [6.07, 6.45) is 3.85. The van der Waals surface area contributed by atoms with Crippen LogP contribution in [0.15, 0.2) is 67.0 Å². The van der Waals surface area contributed by atoms with Crippen LogP contribution in [0.5, 0.6) is 0 Å². The lowest BCUT2D eigenvalue weighted by Gasteiger charge is -2.38. The van der Waals surface area contributed by atoms with Gasteiger partial charge < -0.3 is 9.47 Å². The van der Waals surface area contributed by atoms with Gasteiger partial charge in [-0.15, -0.1) is 0 Å². The number of carbonyl (C=O) groups excluding carboxylic acids is 1. The Bertz CT molecular complexity index is 997. The highest BCUT2D eigenvalue weighted by atomic mass is 16.2. The van der Waals surface area contributed by atoms with Gasteiger partial charge >= 0.3 is 0 Å². The zero-order valence-electron chi connectivity index (χ0n) is 16.0. The molecule has 2 atom stereocenters. The summed E-state index contributed by atoms with van der Waals surface area (Å²) in [4.78, 5) is 22.1. The number of benzene rings is 1. The number of carbonyl (C=O) groups is 1. The van der Waals surface area contributed by atoms with Gasteiger partial charge in [0, 0.05) is 32.0 Å². The first kappa shape index (κ1) is 17.2. The van der Waals surface area contributed by atoms with Gasteiger partial charge in [-0.05, 0) is 36.8 Å². The van der Waals surface area contributed by atoms with Crippen LogP contribution in [0.3, 0.4) is 0 Å². The number of amides is 1. The first-order valence-electron chi connectivity index (χ1n) is 9.84. The predicted octanol–water partition coefficient (Wildman–Crippen LogP) is 3.27. The molecule has 0 unspecified atom stereocenters. The van der Waals surface area contributed by atoms with Crippen LogP contribution >= 0.6 is 0 Å². The smallest absolute Gasteiger partial charge is 0.271 e. The van der Waals surface area contributed by atoms with Crippen molar-refractivity contribution in [2.75, 3.05) is 13.1 Å². The van der Waals surface area contributed by atoms with E-state index in [0.717, 1.165) is 31.0 Å². The maximum Gasteiger partial charge on any atom is 0.271 e. The van der Waals surface area contributed by atoms with E-state index in [1.165, 1.54) is 11.1 Å². The monoisotopic (exact) mass is 372 g/mol. The SMILES string of the molecule is Cc1cccc(CN2C[C@@H]3[C@H](C2)N(Cc2ccccn2)C(=O)c2cccn23)c1. The number of likely N-dealkylation sites (tertiary alicyclic amines) is 1. The second-order valence-electron chi connectivity index (χ2n) is 7.87. The van der Waals surface area contributed by atoms with E-state index in [1.54, 1.807) is 6.20 Å². The number of hydrogen-bond donors (Lipinski definition) is 0. The van der Waals surface area contributed by atoms with E-state index in [2.05, 4.69) is 51.8 Å². The van der Waals surface area contributed by atoms with Crippen LogP contribution < -0.4 is 0 Å². The molecule has 5 rings (SSSR count). The standard InChI is InChI=1S/C23H24N4O/c1-17-6-4-7-18(12-17)13-25-15-21-22(16-25)27(14-19-8-2-3-10-24-19)23(28)20-9-5-11-26(20)21/h2-12,21-22H,13-16H2,1H3/t21-,22+/m1/s1. The van der Waals surface area contributed by atoms with E-state index in [4.69, 9.17) is 0 Å². The molecule has 4 heterocycles. The van der Waals surface area contributed by atoms with Gasteiger partial charge in [0.25, 0.3) is 5.91 Å². The molecule has 0 radical (unpaired) electrons. The van der Waals surface area contributed by atoms with Crippen LogP contribution in [0.2, 0.25) is 0 Å². The molecule has 0 spiro atoms. The van der Waals surface area contributed by atoms with Crippen LogP contribution in [-0.4, -0.2) is 44.4 Å². The molecule has 28 heavy (non-hydrogen) atoms. The average molecular weight is 372 g/mol. The Morgan fingerprint density at radius 3 is 2.71 bits per heavy atom. The summed E-state index contributed by atoms with van der Waals surface area (Å²) in [5.41, 5.74) is 4.34. The van der Waals surface area contributed by atoms with Gasteiger partial charge in [0.15, 0.2) is 0 Å². The molecule has 0 aliphatic carbocycles. The zero-order chi connectivity index (χ0) is 19.1. The summed E-state index contributed by atoms with van der Waals surface area (Å²) in [5, 5.41) is 0. The number of rotatable bonds is 4. The van der Waals surface area contributed by atoms with Gasteiger partial charge in [-0.2, -0.15) is 0 Å². The highest BCUT2D eigenvalue weighted by Crippen LogP contribution is 2.35. The molecule has 5 heteroatoms. The maximum atomic E-state index is 13.2. The summed E-state index contributed by atoms with van der Waals surface area (Å²) in [7, 11) is 0. The molecule has 1 saturated heterocycles. The molecule has 1 fully saturated rings. The molecule has 2 aliphatic rings. The van der Waals surface area contributed by atoms with Crippen LogP contribution in [0.4, 0.5) is 0 Å². The molecule has 0 bridgehead atoms. The topological polar surface area (TPSA) is 41.4 Å². The molecular weight excluding hydrogens is 348 g/mol. The minimum atomic E-state index is 0.106. The van der Waals surface area contributed by atoms with E-state index >= 15 is 0 Å². The number of pyridine rings is 1. The van der Waals surface area contributed by atoms with E-state index in [-0.39, 0.29) is 18.0 Å². The Hall–Kier alpha value is -2.92. The highest BCUT2D eigenvalue weighted by molar-refractivity contribution is 5.94. The number of nitrogens with zero attached hydrogens (tertiary/aromatic N) is 4. The van der Waals surface area contributed by atoms with Gasteiger partial charge in [0.2, 0.25) is 0 Å². The van der Waals surface area contributed by atoms with Crippen molar-refractivity contribution in [1.29, 1.82) is 0 Å². The van der Waals surface area contributed by atoms with Crippen LogP contribution in [0, 0.1) is 6.92 Å². The lowest BCUT2D eigenvalue weighted by Crippen LogP contribution is -2.49. The predicted molar refractivity (Wildman–Crippen MR) is 108 cm³/mol. The minimum Gasteiger partial charge on any atom is -0.337 e. The first-order valence-corrected chi connectivity index (χ1v) is 9.84. The third-order valence-electron chi connectivity index (χ3n) is 5.90. The van der Waals surface area contributed by atoms with Crippen molar-refractivity contribution in [3.05, 3.63) is 89.5 Å².